The zero-order valence-electron chi connectivity index (χ0n) is 8.81. The van der Waals surface area contributed by atoms with Gasteiger partial charge in [0.05, 0.1) is 6.20 Å². The van der Waals surface area contributed by atoms with Gasteiger partial charge >= 0.3 is 0 Å². The van der Waals surface area contributed by atoms with E-state index in [0.29, 0.717) is 12.4 Å². The van der Waals surface area contributed by atoms with Crippen LogP contribution < -0.4 is 11.1 Å². The first-order valence-corrected chi connectivity index (χ1v) is 5.58. The average molecular weight is 282 g/mol. The maximum Gasteiger partial charge on any atom is 0.126 e. The van der Waals surface area contributed by atoms with Crippen LogP contribution in [0.1, 0.15) is 5.56 Å². The van der Waals surface area contributed by atoms with Gasteiger partial charge in [-0.2, -0.15) is 5.10 Å². The summed E-state index contributed by atoms with van der Waals surface area (Å²) in [6.45, 7) is 0.619. The molecule has 6 heteroatoms. The van der Waals surface area contributed by atoms with E-state index in [1.165, 1.54) is 0 Å². The summed E-state index contributed by atoms with van der Waals surface area (Å²) >= 11 is 3.33. The van der Waals surface area contributed by atoms with Crippen LogP contribution in [0.15, 0.2) is 29.0 Å². The van der Waals surface area contributed by atoms with Crippen LogP contribution in [0, 0.1) is 0 Å². The summed E-state index contributed by atoms with van der Waals surface area (Å²) in [4.78, 5) is 4.20. The largest absolute Gasteiger partial charge is 0.384 e. The molecule has 0 aliphatic heterocycles. The van der Waals surface area contributed by atoms with Crippen molar-refractivity contribution in [2.75, 3.05) is 11.1 Å². The van der Waals surface area contributed by atoms with Crippen molar-refractivity contribution in [2.45, 2.75) is 6.54 Å². The first-order valence-electron chi connectivity index (χ1n) is 4.78. The van der Waals surface area contributed by atoms with Gasteiger partial charge in [-0.15, -0.1) is 0 Å². The zero-order chi connectivity index (χ0) is 11.5. The molecule has 2 rings (SSSR count). The molecule has 0 saturated heterocycles. The number of hydrogen-bond donors (Lipinski definition) is 2. The molecule has 0 saturated carbocycles. The Hall–Kier alpha value is -1.56. The number of halogens is 1. The number of nitrogens with two attached hydrogens (primary N) is 1. The van der Waals surface area contributed by atoms with E-state index in [2.05, 4.69) is 31.3 Å². The predicted molar refractivity (Wildman–Crippen MR) is 66.9 cm³/mol. The summed E-state index contributed by atoms with van der Waals surface area (Å²) in [6, 6.07) is 3.83. The van der Waals surface area contributed by atoms with Gasteiger partial charge in [-0.05, 0) is 28.1 Å². The maximum absolute atomic E-state index is 5.82. The second kappa shape index (κ2) is 4.52. The molecule has 0 atom stereocenters. The Morgan fingerprint density at radius 2 is 2.25 bits per heavy atom. The summed E-state index contributed by atoms with van der Waals surface area (Å²) in [5.41, 5.74) is 6.79. The minimum absolute atomic E-state index is 0.619. The van der Waals surface area contributed by atoms with E-state index in [-0.39, 0.29) is 0 Å². The van der Waals surface area contributed by atoms with Crippen LogP contribution in [-0.2, 0) is 13.6 Å². The van der Waals surface area contributed by atoms with Crippen molar-refractivity contribution in [3.05, 3.63) is 34.6 Å². The highest BCUT2D eigenvalue weighted by atomic mass is 79.9. The molecule has 0 aliphatic carbocycles. The Bertz CT molecular complexity index is 476. The third-order valence-corrected chi connectivity index (χ3v) is 2.72. The molecule has 5 nitrogen and oxygen atoms in total. The molecule has 0 aromatic carbocycles. The van der Waals surface area contributed by atoms with Gasteiger partial charge in [0, 0.05) is 29.8 Å². The molecule has 2 aromatic heterocycles. The van der Waals surface area contributed by atoms with Crippen LogP contribution in [0.25, 0.3) is 0 Å². The van der Waals surface area contributed by atoms with Gasteiger partial charge in [0.15, 0.2) is 0 Å². The van der Waals surface area contributed by atoms with Crippen molar-refractivity contribution >= 4 is 27.6 Å². The van der Waals surface area contributed by atoms with Gasteiger partial charge in [0.25, 0.3) is 0 Å². The smallest absolute Gasteiger partial charge is 0.126 e. The fourth-order valence-corrected chi connectivity index (χ4v) is 1.53. The molecule has 2 heterocycles. The van der Waals surface area contributed by atoms with E-state index in [1.807, 2.05) is 19.2 Å². The second-order valence-corrected chi connectivity index (χ2v) is 4.31. The Morgan fingerprint density at radius 1 is 1.44 bits per heavy atom. The van der Waals surface area contributed by atoms with Crippen LogP contribution >= 0.6 is 15.9 Å². The van der Waals surface area contributed by atoms with Crippen molar-refractivity contribution in [1.82, 2.24) is 14.8 Å². The van der Waals surface area contributed by atoms with Crippen LogP contribution in [0.5, 0.6) is 0 Å². The van der Waals surface area contributed by atoms with Crippen molar-refractivity contribution in [1.29, 1.82) is 0 Å². The van der Waals surface area contributed by atoms with Crippen LogP contribution in [0.4, 0.5) is 11.6 Å². The molecule has 0 spiro atoms. The number of pyridine rings is 1. The summed E-state index contributed by atoms with van der Waals surface area (Å²) in [7, 11) is 1.82. The SMILES string of the molecule is Cn1ncc(CNc2ccc(Br)cn2)c1N. The monoisotopic (exact) mass is 281 g/mol. The maximum atomic E-state index is 5.82. The predicted octanol–water partition coefficient (Wildman–Crippen LogP) is 1.77. The number of rotatable bonds is 3. The van der Waals surface area contributed by atoms with E-state index in [9.17, 15) is 0 Å². The first kappa shape index (κ1) is 10.9. The molecule has 84 valence electrons. The Labute approximate surface area is 102 Å². The molecule has 0 bridgehead atoms. The van der Waals surface area contributed by atoms with Crippen LogP contribution in [-0.4, -0.2) is 14.8 Å². The molecule has 0 fully saturated rings. The fourth-order valence-electron chi connectivity index (χ4n) is 1.29. The Kier molecular flexibility index (Phi) is 3.09. The quantitative estimate of drug-likeness (QED) is 0.900. The van der Waals surface area contributed by atoms with Gasteiger partial charge in [-0.3, -0.25) is 4.68 Å². The van der Waals surface area contributed by atoms with Crippen molar-refractivity contribution < 1.29 is 0 Å². The van der Waals surface area contributed by atoms with E-state index < -0.39 is 0 Å². The standard InChI is InChI=1S/C10H12BrN5/c1-16-10(12)7(5-15-16)4-13-9-3-2-8(11)6-14-9/h2-3,5-6H,4,12H2,1H3,(H,13,14). The van der Waals surface area contributed by atoms with Crippen molar-refractivity contribution in [3.8, 4) is 0 Å². The number of nitrogen functional groups attached to an aromatic ring is 1. The number of hydrogen-bond acceptors (Lipinski definition) is 4. The number of aryl methyl sites for hydroxylation is 1. The van der Waals surface area contributed by atoms with E-state index in [4.69, 9.17) is 5.73 Å². The van der Waals surface area contributed by atoms with Crippen molar-refractivity contribution in [3.63, 3.8) is 0 Å². The third-order valence-electron chi connectivity index (χ3n) is 2.25. The highest BCUT2D eigenvalue weighted by molar-refractivity contribution is 9.10. The normalized spacial score (nSPS) is 10.4. The van der Waals surface area contributed by atoms with E-state index >= 15 is 0 Å². The fraction of sp³-hybridized carbons (Fsp3) is 0.200. The summed E-state index contributed by atoms with van der Waals surface area (Å²) in [5, 5.41) is 7.24. The summed E-state index contributed by atoms with van der Waals surface area (Å²) in [6.07, 6.45) is 3.50. The van der Waals surface area contributed by atoms with E-state index in [0.717, 1.165) is 15.9 Å². The first-order chi connectivity index (χ1) is 7.66. The third kappa shape index (κ3) is 2.33. The van der Waals surface area contributed by atoms with Gasteiger partial charge < -0.3 is 11.1 Å². The Morgan fingerprint density at radius 3 is 2.81 bits per heavy atom. The second-order valence-electron chi connectivity index (χ2n) is 3.39. The number of aromatic nitrogens is 3. The molecular formula is C10H12BrN5. The summed E-state index contributed by atoms with van der Waals surface area (Å²) < 4.78 is 2.60. The lowest BCUT2D eigenvalue weighted by atomic mass is 10.3. The van der Waals surface area contributed by atoms with Crippen LogP contribution in [0.3, 0.4) is 0 Å². The Balaban J connectivity index is 2.02. The molecule has 0 aliphatic rings. The highest BCUT2D eigenvalue weighted by Crippen LogP contribution is 2.13. The van der Waals surface area contributed by atoms with Gasteiger partial charge in [0.2, 0.25) is 0 Å². The molecule has 0 radical (unpaired) electrons. The lowest BCUT2D eigenvalue weighted by Crippen LogP contribution is -2.04. The van der Waals surface area contributed by atoms with Crippen LogP contribution in [0.2, 0.25) is 0 Å². The molecule has 16 heavy (non-hydrogen) atoms. The van der Waals surface area contributed by atoms with Gasteiger partial charge in [-0.25, -0.2) is 4.98 Å². The molecule has 3 N–H and O–H groups in total. The zero-order valence-corrected chi connectivity index (χ0v) is 10.4. The lowest BCUT2D eigenvalue weighted by Gasteiger charge is -2.04. The minimum Gasteiger partial charge on any atom is -0.384 e. The topological polar surface area (TPSA) is 68.8 Å². The number of nitrogens with one attached hydrogen (secondary N) is 1. The summed E-state index contributed by atoms with van der Waals surface area (Å²) in [5.74, 6) is 1.48. The molecular weight excluding hydrogens is 270 g/mol. The molecule has 0 unspecified atom stereocenters. The molecule has 0 amide bonds. The average Bonchev–Trinajstić information content (AvgIpc) is 2.60. The lowest BCUT2D eigenvalue weighted by molar-refractivity contribution is 0.778. The highest BCUT2D eigenvalue weighted by Gasteiger charge is 2.04. The number of anilines is 2. The number of nitrogens with zero attached hydrogens (tertiary/aromatic N) is 3. The van der Waals surface area contributed by atoms with Crippen molar-refractivity contribution in [2.24, 2.45) is 7.05 Å². The van der Waals surface area contributed by atoms with Gasteiger partial charge in [0.1, 0.15) is 11.6 Å². The molecule has 2 aromatic rings. The van der Waals surface area contributed by atoms with Gasteiger partial charge in [-0.1, -0.05) is 0 Å². The minimum atomic E-state index is 0.619. The van der Waals surface area contributed by atoms with E-state index in [1.54, 1.807) is 17.1 Å².